The quantitative estimate of drug-likeness (QED) is 0.611. The van der Waals surface area contributed by atoms with Gasteiger partial charge in [0, 0.05) is 12.6 Å². The van der Waals surface area contributed by atoms with E-state index < -0.39 is 33.7 Å². The summed E-state index contributed by atoms with van der Waals surface area (Å²) < 4.78 is 23.2. The lowest BCUT2D eigenvalue weighted by molar-refractivity contribution is -0.138. The fraction of sp³-hybridized carbons (Fsp3) is 0.786. The number of amides is 4. The van der Waals surface area contributed by atoms with E-state index in [9.17, 15) is 22.8 Å². The number of urea groups is 1. The van der Waals surface area contributed by atoms with Crippen LogP contribution in [0.1, 0.15) is 19.8 Å². The summed E-state index contributed by atoms with van der Waals surface area (Å²) in [6.07, 6.45) is 2.84. The first-order valence-electron chi connectivity index (χ1n) is 7.89. The summed E-state index contributed by atoms with van der Waals surface area (Å²) in [6.45, 7) is 1.76. The van der Waals surface area contributed by atoms with Crippen molar-refractivity contribution < 1.29 is 22.8 Å². The van der Waals surface area contributed by atoms with E-state index in [4.69, 9.17) is 0 Å². The van der Waals surface area contributed by atoms with Crippen LogP contribution in [0.3, 0.4) is 0 Å². The Bertz CT molecular complexity index is 622. The highest BCUT2D eigenvalue weighted by Crippen LogP contribution is 2.19. The number of rotatable bonds is 7. The molecule has 2 saturated heterocycles. The van der Waals surface area contributed by atoms with E-state index in [1.807, 2.05) is 6.26 Å². The molecule has 2 heterocycles. The van der Waals surface area contributed by atoms with Crippen molar-refractivity contribution in [2.75, 3.05) is 36.6 Å². The normalized spacial score (nSPS) is 25.8. The number of carbonyl (C=O) groups is 3. The van der Waals surface area contributed by atoms with Crippen molar-refractivity contribution in [1.29, 1.82) is 0 Å². The number of imide groups is 1. The van der Waals surface area contributed by atoms with E-state index in [0.717, 1.165) is 10.7 Å². The van der Waals surface area contributed by atoms with Gasteiger partial charge in [0.15, 0.2) is 9.84 Å². The summed E-state index contributed by atoms with van der Waals surface area (Å²) in [7, 11) is -3.11. The second-order valence-corrected chi connectivity index (χ2v) is 9.16. The number of hydrogen-bond acceptors (Lipinski definition) is 6. The largest absolute Gasteiger partial charge is 0.337 e. The third-order valence-electron chi connectivity index (χ3n) is 4.32. The van der Waals surface area contributed by atoms with Crippen LogP contribution in [0.4, 0.5) is 4.79 Å². The molecule has 2 rings (SSSR count). The zero-order valence-corrected chi connectivity index (χ0v) is 15.5. The van der Waals surface area contributed by atoms with Gasteiger partial charge in [0.1, 0.15) is 12.6 Å². The average molecular weight is 377 g/mol. The molecule has 0 bridgehead atoms. The minimum Gasteiger partial charge on any atom is -0.337 e. The van der Waals surface area contributed by atoms with Crippen molar-refractivity contribution in [2.45, 2.75) is 31.8 Å². The highest BCUT2D eigenvalue weighted by atomic mass is 32.2. The first-order valence-corrected chi connectivity index (χ1v) is 11.1. The number of thioether (sulfide) groups is 1. The molecule has 8 nitrogen and oxygen atoms in total. The highest BCUT2D eigenvalue weighted by molar-refractivity contribution is 7.98. The first kappa shape index (κ1) is 19.0. The SMILES string of the molecule is CCN(C(=O)CN1C(=O)N[C@H](CCSC)C1=O)[C@H]1CCS(=O)(=O)C1. The molecule has 2 aliphatic rings. The van der Waals surface area contributed by atoms with Crippen molar-refractivity contribution >= 4 is 39.4 Å². The van der Waals surface area contributed by atoms with Crippen molar-refractivity contribution in [3.8, 4) is 0 Å². The Morgan fingerprint density at radius 3 is 2.67 bits per heavy atom. The van der Waals surface area contributed by atoms with E-state index in [0.29, 0.717) is 19.4 Å². The van der Waals surface area contributed by atoms with Crippen molar-refractivity contribution in [3.05, 3.63) is 0 Å². The lowest BCUT2D eigenvalue weighted by atomic mass is 10.2. The molecule has 0 saturated carbocycles. The van der Waals surface area contributed by atoms with Crippen molar-refractivity contribution in [1.82, 2.24) is 15.1 Å². The number of carbonyl (C=O) groups excluding carboxylic acids is 3. The molecule has 2 aliphatic heterocycles. The smallest absolute Gasteiger partial charge is 0.325 e. The lowest BCUT2D eigenvalue weighted by Gasteiger charge is -2.28. The molecule has 0 unspecified atom stereocenters. The zero-order valence-electron chi connectivity index (χ0n) is 13.9. The van der Waals surface area contributed by atoms with Crippen LogP contribution in [0.2, 0.25) is 0 Å². The predicted octanol–water partition coefficient (Wildman–Crippen LogP) is -0.304. The maximum Gasteiger partial charge on any atom is 0.325 e. The van der Waals surface area contributed by atoms with E-state index in [-0.39, 0.29) is 24.1 Å². The van der Waals surface area contributed by atoms with Gasteiger partial charge in [0.25, 0.3) is 5.91 Å². The Kier molecular flexibility index (Phi) is 6.13. The molecule has 4 amide bonds. The van der Waals surface area contributed by atoms with Crippen LogP contribution < -0.4 is 5.32 Å². The number of sulfone groups is 1. The number of hydrogen-bond donors (Lipinski definition) is 1. The van der Waals surface area contributed by atoms with Crippen LogP contribution in [0, 0.1) is 0 Å². The standard InChI is InChI=1S/C14H23N3O5S2/c1-3-16(10-5-7-24(21,22)9-10)12(18)8-17-13(19)11(4-6-23-2)15-14(17)20/h10-11H,3-9H2,1-2H3,(H,15,20)/t10-,11+/m0/s1. The predicted molar refractivity (Wildman–Crippen MR) is 91.5 cm³/mol. The Morgan fingerprint density at radius 2 is 2.12 bits per heavy atom. The van der Waals surface area contributed by atoms with Crippen LogP contribution >= 0.6 is 11.8 Å². The van der Waals surface area contributed by atoms with E-state index in [2.05, 4.69) is 5.32 Å². The Balaban J connectivity index is 2.00. The lowest BCUT2D eigenvalue weighted by Crippen LogP contribution is -2.47. The second kappa shape index (κ2) is 7.73. The number of nitrogens with zero attached hydrogens (tertiary/aromatic N) is 2. The molecule has 2 fully saturated rings. The molecule has 10 heteroatoms. The van der Waals surface area contributed by atoms with Gasteiger partial charge in [-0.2, -0.15) is 11.8 Å². The zero-order chi connectivity index (χ0) is 17.9. The third kappa shape index (κ3) is 4.21. The van der Waals surface area contributed by atoms with Crippen LogP contribution in [-0.2, 0) is 19.4 Å². The van der Waals surface area contributed by atoms with Gasteiger partial charge in [-0.1, -0.05) is 0 Å². The van der Waals surface area contributed by atoms with Crippen LogP contribution in [-0.4, -0.2) is 84.8 Å². The summed E-state index contributed by atoms with van der Waals surface area (Å²) in [5.41, 5.74) is 0. The summed E-state index contributed by atoms with van der Waals surface area (Å²) >= 11 is 1.58. The fourth-order valence-corrected chi connectivity index (χ4v) is 5.25. The van der Waals surface area contributed by atoms with E-state index in [1.165, 1.54) is 4.90 Å². The molecular formula is C14H23N3O5S2. The number of likely N-dealkylation sites (N-methyl/N-ethyl adjacent to an activating group) is 1. The fourth-order valence-electron chi connectivity index (χ4n) is 3.04. The number of nitrogens with one attached hydrogen (secondary N) is 1. The molecule has 24 heavy (non-hydrogen) atoms. The molecule has 136 valence electrons. The van der Waals surface area contributed by atoms with Gasteiger partial charge in [0.05, 0.1) is 11.5 Å². The van der Waals surface area contributed by atoms with Crippen LogP contribution in [0.5, 0.6) is 0 Å². The van der Waals surface area contributed by atoms with Crippen LogP contribution in [0.15, 0.2) is 0 Å². The van der Waals surface area contributed by atoms with Gasteiger partial charge >= 0.3 is 6.03 Å². The highest BCUT2D eigenvalue weighted by Gasteiger charge is 2.40. The van der Waals surface area contributed by atoms with Gasteiger partial charge in [-0.15, -0.1) is 0 Å². The average Bonchev–Trinajstić information content (AvgIpc) is 3.00. The second-order valence-electron chi connectivity index (χ2n) is 5.94. The minimum absolute atomic E-state index is 0.0525. The maximum absolute atomic E-state index is 12.5. The Morgan fingerprint density at radius 1 is 1.42 bits per heavy atom. The molecular weight excluding hydrogens is 354 g/mol. The minimum atomic E-state index is -3.11. The van der Waals surface area contributed by atoms with Gasteiger partial charge in [0.2, 0.25) is 5.91 Å². The molecule has 1 N–H and O–H groups in total. The maximum atomic E-state index is 12.5. The molecule has 0 radical (unpaired) electrons. The van der Waals surface area contributed by atoms with Crippen molar-refractivity contribution in [2.24, 2.45) is 0 Å². The Hall–Kier alpha value is -1.29. The summed E-state index contributed by atoms with van der Waals surface area (Å²) in [4.78, 5) is 39.1. The monoisotopic (exact) mass is 377 g/mol. The van der Waals surface area contributed by atoms with Gasteiger partial charge in [-0.05, 0) is 31.8 Å². The molecule has 0 spiro atoms. The van der Waals surface area contributed by atoms with Gasteiger partial charge < -0.3 is 10.2 Å². The van der Waals surface area contributed by atoms with Crippen LogP contribution in [0.25, 0.3) is 0 Å². The molecule has 0 aromatic heterocycles. The summed E-state index contributed by atoms with van der Waals surface area (Å²) in [6, 6.07) is -1.52. The Labute approximate surface area is 146 Å². The van der Waals surface area contributed by atoms with E-state index >= 15 is 0 Å². The summed E-state index contributed by atoms with van der Waals surface area (Å²) in [5, 5.41) is 2.59. The first-order chi connectivity index (χ1) is 11.3. The topological polar surface area (TPSA) is 104 Å². The third-order valence-corrected chi connectivity index (χ3v) is 6.72. The van der Waals surface area contributed by atoms with E-state index in [1.54, 1.807) is 18.7 Å². The molecule has 2 atom stereocenters. The van der Waals surface area contributed by atoms with Crippen molar-refractivity contribution in [3.63, 3.8) is 0 Å². The summed E-state index contributed by atoms with van der Waals surface area (Å²) in [5.74, 6) is -0.0321. The molecule has 0 aromatic rings. The van der Waals surface area contributed by atoms with Gasteiger partial charge in [-0.3, -0.25) is 14.5 Å². The van der Waals surface area contributed by atoms with Gasteiger partial charge in [-0.25, -0.2) is 13.2 Å². The molecule has 0 aromatic carbocycles. The molecule has 0 aliphatic carbocycles.